The van der Waals surface area contributed by atoms with E-state index in [0.29, 0.717) is 29.4 Å². The summed E-state index contributed by atoms with van der Waals surface area (Å²) < 4.78 is 18.6. The first-order valence-corrected chi connectivity index (χ1v) is 13.3. The summed E-state index contributed by atoms with van der Waals surface area (Å²) in [5.41, 5.74) is 6.45. The highest BCUT2D eigenvalue weighted by atomic mass is 32.1. The number of anilines is 1. The number of ether oxygens (including phenoxy) is 1. The number of halogens is 1. The van der Waals surface area contributed by atoms with Crippen molar-refractivity contribution in [3.8, 4) is 5.75 Å². The van der Waals surface area contributed by atoms with Gasteiger partial charge in [-0.1, -0.05) is 11.2 Å². The maximum Gasteiger partial charge on any atom is 0.270 e. The summed E-state index contributed by atoms with van der Waals surface area (Å²) in [5.74, 6) is 0.205. The molecule has 1 unspecified atom stereocenters. The number of amides is 2. The van der Waals surface area contributed by atoms with Crippen LogP contribution in [0.4, 0.5) is 9.52 Å². The number of hydrogen-bond acceptors (Lipinski definition) is 10. The number of carbonyl (C=O) groups excluding carboxylic acids is 2. The quantitative estimate of drug-likeness (QED) is 0.424. The molecular weight excluding hydrogens is 525 g/mol. The summed E-state index contributed by atoms with van der Waals surface area (Å²) in [6.45, 7) is 3.85. The van der Waals surface area contributed by atoms with Crippen molar-refractivity contribution in [3.63, 3.8) is 0 Å². The summed E-state index contributed by atoms with van der Waals surface area (Å²) in [6, 6.07) is 6.10. The number of piperidine rings is 1. The third-order valence-electron chi connectivity index (χ3n) is 6.48. The molecule has 2 aliphatic rings. The van der Waals surface area contributed by atoms with E-state index in [4.69, 9.17) is 14.4 Å². The zero-order valence-corrected chi connectivity index (χ0v) is 22.5. The van der Waals surface area contributed by atoms with Crippen molar-refractivity contribution in [2.75, 3.05) is 25.1 Å². The number of oxime groups is 1. The van der Waals surface area contributed by atoms with Gasteiger partial charge in [-0.25, -0.2) is 19.3 Å². The molecule has 206 valence electrons. The highest BCUT2D eigenvalue weighted by molar-refractivity contribution is 7.13. The zero-order chi connectivity index (χ0) is 27.8. The Morgan fingerprint density at radius 3 is 2.77 bits per heavy atom. The molecule has 3 N–H and O–H groups in total. The first kappa shape index (κ1) is 27.9. The summed E-state index contributed by atoms with van der Waals surface area (Å²) in [6.07, 6.45) is 4.76. The number of benzene rings is 1. The van der Waals surface area contributed by atoms with E-state index in [2.05, 4.69) is 36.1 Å². The normalized spacial score (nSPS) is 16.9. The van der Waals surface area contributed by atoms with Crippen LogP contribution in [0.3, 0.4) is 0 Å². The van der Waals surface area contributed by atoms with Gasteiger partial charge in [-0.3, -0.25) is 9.59 Å². The lowest BCUT2D eigenvalue weighted by atomic mass is 9.88. The number of primary amides is 1. The number of aryl methyl sites for hydroxylation is 1. The predicted octanol–water partition coefficient (Wildman–Crippen LogP) is 2.83. The Morgan fingerprint density at radius 2 is 2.08 bits per heavy atom. The van der Waals surface area contributed by atoms with E-state index in [-0.39, 0.29) is 36.4 Å². The molecule has 0 radical (unpaired) electrons. The van der Waals surface area contributed by atoms with Crippen molar-refractivity contribution in [3.05, 3.63) is 64.4 Å². The van der Waals surface area contributed by atoms with Gasteiger partial charge >= 0.3 is 0 Å². The van der Waals surface area contributed by atoms with Gasteiger partial charge in [-0.15, -0.1) is 11.3 Å². The van der Waals surface area contributed by atoms with Crippen LogP contribution in [0.15, 0.2) is 41.0 Å². The number of aromatic nitrogens is 3. The molecule has 2 aromatic heterocycles. The Bertz CT molecular complexity index is 1310. The minimum absolute atomic E-state index is 0.000510. The average Bonchev–Trinajstić information content (AvgIpc) is 3.66. The van der Waals surface area contributed by atoms with Crippen LogP contribution in [0.25, 0.3) is 0 Å². The topological polar surface area (TPSA) is 145 Å². The number of nitrogens with two attached hydrogens (primary N) is 1. The molecule has 1 atom stereocenters. The van der Waals surface area contributed by atoms with Crippen LogP contribution in [-0.4, -0.2) is 59.3 Å². The fourth-order valence-electron chi connectivity index (χ4n) is 4.55. The molecule has 3 aromatic rings. The van der Waals surface area contributed by atoms with E-state index >= 15 is 0 Å². The minimum Gasteiger partial charge on any atom is -0.494 e. The third kappa shape index (κ3) is 7.05. The number of hydrogen-bond donors (Lipinski definition) is 2. The largest absolute Gasteiger partial charge is 0.494 e. The monoisotopic (exact) mass is 555 g/mol. The second-order valence-electron chi connectivity index (χ2n) is 9.00. The van der Waals surface area contributed by atoms with Crippen LogP contribution in [0.5, 0.6) is 5.75 Å². The second-order valence-corrected chi connectivity index (χ2v) is 9.87. The van der Waals surface area contributed by atoms with Crippen LogP contribution >= 0.6 is 11.3 Å². The van der Waals surface area contributed by atoms with Crippen molar-refractivity contribution in [1.29, 1.82) is 0 Å². The highest BCUT2D eigenvalue weighted by Crippen LogP contribution is 2.31. The first-order chi connectivity index (χ1) is 18.9. The number of thiazole rings is 1. The molecule has 4 heterocycles. The summed E-state index contributed by atoms with van der Waals surface area (Å²) in [7, 11) is 1.40. The van der Waals surface area contributed by atoms with Gasteiger partial charge in [0.15, 0.2) is 16.7 Å². The van der Waals surface area contributed by atoms with Crippen molar-refractivity contribution in [1.82, 2.24) is 20.3 Å². The fourth-order valence-corrected chi connectivity index (χ4v) is 5.25. The van der Waals surface area contributed by atoms with Gasteiger partial charge in [-0.2, -0.15) is 0 Å². The van der Waals surface area contributed by atoms with Gasteiger partial charge in [0, 0.05) is 43.5 Å². The van der Waals surface area contributed by atoms with Gasteiger partial charge < -0.3 is 25.5 Å². The molecule has 2 amide bonds. The van der Waals surface area contributed by atoms with Crippen molar-refractivity contribution < 1.29 is 23.6 Å². The molecule has 0 spiro atoms. The zero-order valence-electron chi connectivity index (χ0n) is 21.7. The number of rotatable bonds is 7. The van der Waals surface area contributed by atoms with Crippen LogP contribution in [-0.2, 0) is 16.2 Å². The van der Waals surface area contributed by atoms with E-state index in [1.54, 1.807) is 36.5 Å². The van der Waals surface area contributed by atoms with Gasteiger partial charge in [0.1, 0.15) is 23.3 Å². The molecule has 0 bridgehead atoms. The standard InChI is InChI=1S/C25H27FN6O3S.CH3NO/c1-15-29-19(12-21(30-15)24(33)28-14-16-3-4-18(26)23(11-16)34-2)20-13-22(35-31-20)17-5-8-32(9-6-17)25-27-7-10-36-25;2-1-3/h3-4,7,10-12,17,22H,5-6,8-9,13-14H2,1-2H3,(H,28,33);1H,(H2,2,3). The Labute approximate surface area is 229 Å². The lowest BCUT2D eigenvalue weighted by molar-refractivity contribution is -0.106. The number of methoxy groups -OCH3 is 1. The molecule has 13 heteroatoms. The Hall–Kier alpha value is -4.13. The van der Waals surface area contributed by atoms with Crippen LogP contribution in [0.2, 0.25) is 0 Å². The molecule has 2 aliphatic heterocycles. The van der Waals surface area contributed by atoms with Crippen LogP contribution in [0.1, 0.15) is 46.8 Å². The van der Waals surface area contributed by atoms with E-state index in [9.17, 15) is 9.18 Å². The maximum atomic E-state index is 13.6. The molecule has 0 aliphatic carbocycles. The first-order valence-electron chi connectivity index (χ1n) is 12.4. The van der Waals surface area contributed by atoms with Gasteiger partial charge in [0.2, 0.25) is 6.41 Å². The van der Waals surface area contributed by atoms with Crippen LogP contribution < -0.4 is 20.7 Å². The fraction of sp³-hybridized carbons (Fsp3) is 0.385. The molecule has 1 saturated heterocycles. The Morgan fingerprint density at radius 1 is 1.31 bits per heavy atom. The molecule has 11 nitrogen and oxygen atoms in total. The van der Waals surface area contributed by atoms with E-state index in [1.807, 2.05) is 11.6 Å². The minimum atomic E-state index is -0.452. The molecular formula is C26H30FN7O4S. The Balaban J connectivity index is 0.00000112. The maximum absolute atomic E-state index is 13.6. The molecule has 39 heavy (non-hydrogen) atoms. The second kappa shape index (κ2) is 13.1. The smallest absolute Gasteiger partial charge is 0.270 e. The number of nitrogens with zero attached hydrogens (tertiary/aromatic N) is 5. The molecule has 1 aromatic carbocycles. The lowest BCUT2D eigenvalue weighted by Crippen LogP contribution is -2.37. The summed E-state index contributed by atoms with van der Waals surface area (Å²) in [4.78, 5) is 42.7. The average molecular weight is 556 g/mol. The molecule has 1 fully saturated rings. The number of carbonyl (C=O) groups is 2. The van der Waals surface area contributed by atoms with E-state index in [0.717, 1.165) is 36.8 Å². The van der Waals surface area contributed by atoms with Crippen LogP contribution in [0, 0.1) is 18.7 Å². The van der Waals surface area contributed by atoms with E-state index in [1.165, 1.54) is 13.2 Å². The van der Waals surface area contributed by atoms with Crippen molar-refractivity contribution >= 4 is 34.5 Å². The van der Waals surface area contributed by atoms with E-state index < -0.39 is 5.82 Å². The summed E-state index contributed by atoms with van der Waals surface area (Å²) >= 11 is 1.66. The van der Waals surface area contributed by atoms with Gasteiger partial charge in [0.25, 0.3) is 5.91 Å². The Kier molecular flexibility index (Phi) is 9.36. The third-order valence-corrected chi connectivity index (χ3v) is 7.32. The summed E-state index contributed by atoms with van der Waals surface area (Å²) in [5, 5.41) is 10.2. The number of nitrogens with one attached hydrogen (secondary N) is 1. The lowest BCUT2D eigenvalue weighted by Gasteiger charge is -2.33. The molecule has 0 saturated carbocycles. The highest BCUT2D eigenvalue weighted by Gasteiger charge is 2.34. The SMILES string of the molecule is COc1cc(CNC(=O)c2cc(C3=NOC(C4CCN(c5nccs5)CC4)C3)nc(C)n2)ccc1F.NC=O. The molecule has 5 rings (SSSR count). The predicted molar refractivity (Wildman–Crippen MR) is 144 cm³/mol. The van der Waals surface area contributed by atoms with Crippen molar-refractivity contribution in [2.45, 2.75) is 38.8 Å². The van der Waals surface area contributed by atoms with Gasteiger partial charge in [-0.05, 0) is 43.5 Å². The van der Waals surface area contributed by atoms with Gasteiger partial charge in [0.05, 0.1) is 12.8 Å². The van der Waals surface area contributed by atoms with Crippen molar-refractivity contribution in [2.24, 2.45) is 16.8 Å².